The third kappa shape index (κ3) is 3.92. The summed E-state index contributed by atoms with van der Waals surface area (Å²) in [6.45, 7) is 1.56. The second-order valence-corrected chi connectivity index (χ2v) is 6.05. The lowest BCUT2D eigenvalue weighted by Crippen LogP contribution is -2.29. The Morgan fingerprint density at radius 3 is 2.56 bits per heavy atom. The Kier molecular flexibility index (Phi) is 4.86. The van der Waals surface area contributed by atoms with Crippen molar-refractivity contribution in [3.05, 3.63) is 65.5 Å². The van der Waals surface area contributed by atoms with Crippen LogP contribution in [0.15, 0.2) is 48.8 Å². The fourth-order valence-corrected chi connectivity index (χ4v) is 2.94. The molecule has 1 heterocycles. The van der Waals surface area contributed by atoms with E-state index in [4.69, 9.17) is 0 Å². The van der Waals surface area contributed by atoms with Crippen molar-refractivity contribution in [1.82, 2.24) is 14.9 Å². The smallest absolute Gasteiger partial charge is 0.348 e. The van der Waals surface area contributed by atoms with Crippen molar-refractivity contribution in [1.29, 1.82) is 5.26 Å². The number of imidazole rings is 1. The highest BCUT2D eigenvalue weighted by atomic mass is 19.4. The summed E-state index contributed by atoms with van der Waals surface area (Å²) >= 11 is 0. The molecule has 2 aromatic carbocycles. The van der Waals surface area contributed by atoms with Crippen molar-refractivity contribution in [3.8, 4) is 6.07 Å². The number of para-hydroxylation sites is 1. The van der Waals surface area contributed by atoms with Gasteiger partial charge in [0, 0.05) is 13.5 Å². The Labute approximate surface area is 153 Å². The summed E-state index contributed by atoms with van der Waals surface area (Å²) < 4.78 is 40.1. The molecule has 0 aliphatic rings. The van der Waals surface area contributed by atoms with Gasteiger partial charge in [-0.1, -0.05) is 18.2 Å². The summed E-state index contributed by atoms with van der Waals surface area (Å²) in [6, 6.07) is 11.3. The molecule has 8 heteroatoms. The van der Waals surface area contributed by atoms with Crippen molar-refractivity contribution in [2.75, 3.05) is 0 Å². The van der Waals surface area contributed by atoms with Gasteiger partial charge in [0.05, 0.1) is 34.5 Å². The third-order valence-corrected chi connectivity index (χ3v) is 4.16. The number of benzene rings is 2. The first-order valence-corrected chi connectivity index (χ1v) is 8.08. The van der Waals surface area contributed by atoms with E-state index in [1.54, 1.807) is 29.1 Å². The van der Waals surface area contributed by atoms with E-state index >= 15 is 0 Å². The maximum atomic E-state index is 12.8. The molecular weight excluding hydrogens is 357 g/mol. The molecule has 1 atom stereocenters. The lowest BCUT2D eigenvalue weighted by molar-refractivity contribution is -0.137. The number of hydrogen-bond acceptors (Lipinski definition) is 3. The number of aromatic nitrogens is 2. The average Bonchev–Trinajstić information content (AvgIpc) is 3.03. The first kappa shape index (κ1) is 18.5. The van der Waals surface area contributed by atoms with E-state index in [0.29, 0.717) is 22.2 Å². The molecule has 1 aromatic heterocycles. The number of nitriles is 1. The summed E-state index contributed by atoms with van der Waals surface area (Å²) in [5.41, 5.74) is 1.44. The van der Waals surface area contributed by atoms with Crippen LogP contribution in [0.2, 0.25) is 0 Å². The number of rotatable bonds is 4. The van der Waals surface area contributed by atoms with E-state index in [2.05, 4.69) is 16.4 Å². The number of hydrogen-bond donors (Lipinski definition) is 1. The number of nitrogens with zero attached hydrogens (tertiary/aromatic N) is 3. The van der Waals surface area contributed by atoms with E-state index in [1.165, 1.54) is 19.1 Å². The molecule has 0 bridgehead atoms. The zero-order chi connectivity index (χ0) is 19.6. The molecular formula is C19H15F3N4O. The van der Waals surface area contributed by atoms with Gasteiger partial charge in [-0.2, -0.15) is 18.4 Å². The van der Waals surface area contributed by atoms with Gasteiger partial charge in [0.25, 0.3) is 0 Å². The van der Waals surface area contributed by atoms with Crippen LogP contribution in [0.3, 0.4) is 0 Å². The lowest BCUT2D eigenvalue weighted by atomic mass is 10.0. The highest BCUT2D eigenvalue weighted by Crippen LogP contribution is 2.30. The number of amides is 1. The number of halogens is 3. The molecule has 0 fully saturated rings. The molecule has 1 N–H and O–H groups in total. The van der Waals surface area contributed by atoms with E-state index in [0.717, 1.165) is 12.1 Å². The molecule has 0 aliphatic carbocycles. The van der Waals surface area contributed by atoms with E-state index in [-0.39, 0.29) is 12.5 Å². The van der Waals surface area contributed by atoms with Gasteiger partial charge >= 0.3 is 6.18 Å². The predicted molar refractivity (Wildman–Crippen MR) is 92.4 cm³/mol. The Balaban J connectivity index is 1.97. The second-order valence-electron chi connectivity index (χ2n) is 6.05. The molecule has 138 valence electrons. The minimum absolute atomic E-state index is 0.222. The van der Waals surface area contributed by atoms with Crippen molar-refractivity contribution in [2.24, 2.45) is 0 Å². The van der Waals surface area contributed by atoms with Crippen LogP contribution in [-0.2, 0) is 17.5 Å². The summed E-state index contributed by atoms with van der Waals surface area (Å²) in [6.07, 6.45) is -2.88. The van der Waals surface area contributed by atoms with Gasteiger partial charge < -0.3 is 9.88 Å². The van der Waals surface area contributed by atoms with Crippen molar-refractivity contribution in [2.45, 2.75) is 25.7 Å². The fraction of sp³-hybridized carbons (Fsp3) is 0.211. The summed E-state index contributed by atoms with van der Waals surface area (Å²) in [4.78, 5) is 15.9. The molecule has 0 saturated heterocycles. The third-order valence-electron chi connectivity index (χ3n) is 4.16. The number of carbonyl (C=O) groups excluding carboxylic acids is 1. The van der Waals surface area contributed by atoms with Crippen molar-refractivity contribution < 1.29 is 18.0 Å². The normalized spacial score (nSPS) is 12.6. The zero-order valence-electron chi connectivity index (χ0n) is 14.3. The Bertz CT molecular complexity index is 1020. The molecule has 27 heavy (non-hydrogen) atoms. The first-order valence-electron chi connectivity index (χ1n) is 8.08. The monoisotopic (exact) mass is 372 g/mol. The molecule has 3 aromatic rings. The van der Waals surface area contributed by atoms with E-state index in [1.807, 2.05) is 0 Å². The van der Waals surface area contributed by atoms with Crippen LogP contribution in [0, 0.1) is 11.3 Å². The molecule has 1 amide bonds. The fourth-order valence-electron chi connectivity index (χ4n) is 2.94. The first-order chi connectivity index (χ1) is 12.8. The van der Waals surface area contributed by atoms with Crippen LogP contribution < -0.4 is 5.32 Å². The van der Waals surface area contributed by atoms with Crippen LogP contribution in [-0.4, -0.2) is 15.5 Å². The molecule has 0 saturated carbocycles. The van der Waals surface area contributed by atoms with Crippen LogP contribution in [0.25, 0.3) is 11.0 Å². The van der Waals surface area contributed by atoms with Gasteiger partial charge in [-0.15, -0.1) is 0 Å². The standard InChI is InChI=1S/C19H15F3N4O/c1-12(27)25-17(13-5-7-15(8-6-13)19(20,21)22)10-26-11-24-16-4-2-3-14(9-23)18(16)26/h2-8,11,17H,10H2,1H3,(H,25,27)/t17-/m1/s1. The molecule has 0 radical (unpaired) electrons. The molecule has 0 spiro atoms. The quantitative estimate of drug-likeness (QED) is 0.757. The number of alkyl halides is 3. The Hall–Kier alpha value is -3.34. The minimum Gasteiger partial charge on any atom is -0.348 e. The van der Waals surface area contributed by atoms with Crippen LogP contribution >= 0.6 is 0 Å². The molecule has 3 rings (SSSR count). The number of carbonyl (C=O) groups is 1. The lowest BCUT2D eigenvalue weighted by Gasteiger charge is -2.20. The summed E-state index contributed by atoms with van der Waals surface area (Å²) in [5.74, 6) is -0.315. The maximum absolute atomic E-state index is 12.8. The Morgan fingerprint density at radius 1 is 1.26 bits per heavy atom. The Morgan fingerprint density at radius 2 is 1.96 bits per heavy atom. The van der Waals surface area contributed by atoms with Gasteiger partial charge in [0.2, 0.25) is 5.91 Å². The van der Waals surface area contributed by atoms with Gasteiger partial charge in [-0.05, 0) is 29.8 Å². The van der Waals surface area contributed by atoms with Crippen LogP contribution in [0.1, 0.15) is 29.7 Å². The topological polar surface area (TPSA) is 70.7 Å². The molecule has 5 nitrogen and oxygen atoms in total. The van der Waals surface area contributed by atoms with Gasteiger partial charge in [0.1, 0.15) is 6.07 Å². The average molecular weight is 372 g/mol. The summed E-state index contributed by atoms with van der Waals surface area (Å²) in [5, 5.41) is 12.1. The van der Waals surface area contributed by atoms with Crippen molar-refractivity contribution in [3.63, 3.8) is 0 Å². The number of fused-ring (bicyclic) bond motifs is 1. The number of nitrogens with one attached hydrogen (secondary N) is 1. The minimum atomic E-state index is -4.43. The van der Waals surface area contributed by atoms with Crippen molar-refractivity contribution >= 4 is 16.9 Å². The SMILES string of the molecule is CC(=O)N[C@H](Cn1cnc2cccc(C#N)c21)c1ccc(C(F)(F)F)cc1. The van der Waals surface area contributed by atoms with E-state index < -0.39 is 17.8 Å². The van der Waals surface area contributed by atoms with Gasteiger partial charge in [-0.25, -0.2) is 4.98 Å². The maximum Gasteiger partial charge on any atom is 0.416 e. The largest absolute Gasteiger partial charge is 0.416 e. The highest BCUT2D eigenvalue weighted by Gasteiger charge is 2.30. The van der Waals surface area contributed by atoms with Crippen LogP contribution in [0.4, 0.5) is 13.2 Å². The highest BCUT2D eigenvalue weighted by molar-refractivity contribution is 5.81. The molecule has 0 aliphatic heterocycles. The predicted octanol–water partition coefficient (Wildman–Crippen LogP) is 3.80. The second kappa shape index (κ2) is 7.11. The van der Waals surface area contributed by atoms with Gasteiger partial charge in [-0.3, -0.25) is 4.79 Å². The zero-order valence-corrected chi connectivity index (χ0v) is 14.3. The van der Waals surface area contributed by atoms with Gasteiger partial charge in [0.15, 0.2) is 0 Å². The van der Waals surface area contributed by atoms with E-state index in [9.17, 15) is 23.2 Å². The molecule has 0 unspecified atom stereocenters. The van der Waals surface area contributed by atoms with Crippen LogP contribution in [0.5, 0.6) is 0 Å². The summed E-state index contributed by atoms with van der Waals surface area (Å²) in [7, 11) is 0.